The lowest BCUT2D eigenvalue weighted by Crippen LogP contribution is -2.39. The number of piperidine rings is 1. The number of benzene rings is 1. The Balaban J connectivity index is 0.00000210. The second kappa shape index (κ2) is 8.86. The van der Waals surface area contributed by atoms with Gasteiger partial charge >= 0.3 is 0 Å². The maximum absolute atomic E-state index is 13.1. The van der Waals surface area contributed by atoms with Gasteiger partial charge < -0.3 is 15.3 Å². The zero-order valence-corrected chi connectivity index (χ0v) is 17.5. The second-order valence-corrected chi connectivity index (χ2v) is 9.10. The summed E-state index contributed by atoms with van der Waals surface area (Å²) in [6.45, 7) is 2.86. The lowest BCUT2D eigenvalue weighted by atomic mass is 9.93. The first-order chi connectivity index (χ1) is 12.7. The number of phenolic OH excluding ortho intramolecular Hbond substituents is 1. The molecule has 1 spiro atoms. The Morgan fingerprint density at radius 3 is 2.67 bits per heavy atom. The van der Waals surface area contributed by atoms with E-state index >= 15 is 0 Å². The maximum atomic E-state index is 13.1. The van der Waals surface area contributed by atoms with E-state index in [2.05, 4.69) is 27.0 Å². The molecule has 0 radical (unpaired) electrons. The lowest BCUT2D eigenvalue weighted by molar-refractivity contribution is -0.130. The van der Waals surface area contributed by atoms with Gasteiger partial charge in [0.2, 0.25) is 5.91 Å². The van der Waals surface area contributed by atoms with Crippen molar-refractivity contribution in [2.45, 2.75) is 36.7 Å². The summed E-state index contributed by atoms with van der Waals surface area (Å²) in [6, 6.07) is 9.57. The molecule has 146 valence electrons. The highest BCUT2D eigenvalue weighted by Crippen LogP contribution is 2.56. The van der Waals surface area contributed by atoms with Gasteiger partial charge in [-0.05, 0) is 84.4 Å². The van der Waals surface area contributed by atoms with Crippen LogP contribution in [0.15, 0.2) is 46.0 Å². The van der Waals surface area contributed by atoms with E-state index in [0.717, 1.165) is 31.0 Å². The maximum Gasteiger partial charge on any atom is 0.233 e. The van der Waals surface area contributed by atoms with Crippen LogP contribution in [0.3, 0.4) is 0 Å². The Hall–Kier alpha value is -1.21. The molecule has 1 amide bonds. The van der Waals surface area contributed by atoms with E-state index in [1.165, 1.54) is 18.4 Å². The van der Waals surface area contributed by atoms with Gasteiger partial charge in [0.15, 0.2) is 0 Å². The second-order valence-electron chi connectivity index (χ2n) is 7.27. The predicted octanol–water partition coefficient (Wildman–Crippen LogP) is 4.14. The topological polar surface area (TPSA) is 52.6 Å². The Bertz CT molecular complexity index is 746. The number of phenols is 1. The van der Waals surface area contributed by atoms with Gasteiger partial charge in [-0.1, -0.05) is 0 Å². The van der Waals surface area contributed by atoms with Crippen LogP contribution in [0.1, 0.15) is 24.8 Å². The van der Waals surface area contributed by atoms with Crippen LogP contribution in [-0.2, 0) is 11.3 Å². The van der Waals surface area contributed by atoms with Crippen LogP contribution < -0.4 is 5.32 Å². The molecule has 4 nitrogen and oxygen atoms in total. The first kappa shape index (κ1) is 20.5. The molecule has 27 heavy (non-hydrogen) atoms. The lowest BCUT2D eigenvalue weighted by Gasteiger charge is -2.29. The van der Waals surface area contributed by atoms with Crippen LogP contribution in [0.5, 0.6) is 5.75 Å². The van der Waals surface area contributed by atoms with Crippen molar-refractivity contribution in [2.24, 2.45) is 5.41 Å². The van der Waals surface area contributed by atoms with E-state index in [1.54, 1.807) is 35.2 Å². The summed E-state index contributed by atoms with van der Waals surface area (Å²) < 4.78 is 0. The normalized spacial score (nSPS) is 20.1. The van der Waals surface area contributed by atoms with Gasteiger partial charge in [0, 0.05) is 17.5 Å². The van der Waals surface area contributed by atoms with Crippen LogP contribution in [0.4, 0.5) is 0 Å². The van der Waals surface area contributed by atoms with Gasteiger partial charge in [-0.25, -0.2) is 0 Å². The number of thiophene rings is 1. The van der Waals surface area contributed by atoms with E-state index in [4.69, 9.17) is 0 Å². The van der Waals surface area contributed by atoms with Crippen molar-refractivity contribution in [3.63, 3.8) is 0 Å². The zero-order chi connectivity index (χ0) is 18.0. The van der Waals surface area contributed by atoms with Crippen LogP contribution in [0, 0.1) is 5.41 Å². The molecule has 1 aromatic heterocycles. The number of carbonyl (C=O) groups excluding carboxylic acids is 1. The third kappa shape index (κ3) is 4.80. The fourth-order valence-electron chi connectivity index (χ4n) is 3.95. The largest absolute Gasteiger partial charge is 0.508 e. The first-order valence-corrected chi connectivity index (χ1v) is 11.0. The van der Waals surface area contributed by atoms with E-state index in [-0.39, 0.29) is 24.1 Å². The molecule has 7 heteroatoms. The molecule has 1 aliphatic carbocycles. The summed E-state index contributed by atoms with van der Waals surface area (Å²) >= 11 is 3.23. The molecule has 2 heterocycles. The summed E-state index contributed by atoms with van der Waals surface area (Å²) in [5, 5.41) is 17.1. The number of nitrogens with zero attached hydrogens (tertiary/aromatic N) is 1. The smallest absolute Gasteiger partial charge is 0.233 e. The first-order valence-electron chi connectivity index (χ1n) is 9.09. The van der Waals surface area contributed by atoms with Crippen molar-refractivity contribution in [2.75, 3.05) is 18.8 Å². The predicted molar refractivity (Wildman–Crippen MR) is 114 cm³/mol. The highest BCUT2D eigenvalue weighted by molar-refractivity contribution is 8.00. The van der Waals surface area contributed by atoms with E-state index in [1.807, 2.05) is 12.1 Å². The van der Waals surface area contributed by atoms with Crippen molar-refractivity contribution in [1.29, 1.82) is 0 Å². The van der Waals surface area contributed by atoms with Gasteiger partial charge in [0.25, 0.3) is 0 Å². The van der Waals surface area contributed by atoms with Gasteiger partial charge in [0.05, 0.1) is 5.75 Å². The molecular weight excluding hydrogens is 400 g/mol. The molecule has 2 fully saturated rings. The minimum Gasteiger partial charge on any atom is -0.508 e. The van der Waals surface area contributed by atoms with Crippen LogP contribution in [-0.4, -0.2) is 40.8 Å². The molecule has 1 aromatic carbocycles. The molecule has 1 unspecified atom stereocenters. The highest BCUT2D eigenvalue weighted by Gasteiger charge is 2.57. The molecular formula is C20H25ClN2O2S2. The fourth-order valence-corrected chi connectivity index (χ4v) is 5.40. The molecule has 2 N–H and O–H groups in total. The number of rotatable bonds is 6. The van der Waals surface area contributed by atoms with Gasteiger partial charge in [-0.15, -0.1) is 24.2 Å². The quantitative estimate of drug-likeness (QED) is 0.684. The van der Waals surface area contributed by atoms with Crippen molar-refractivity contribution >= 4 is 41.4 Å². The van der Waals surface area contributed by atoms with Crippen LogP contribution in [0.2, 0.25) is 0 Å². The Labute approximate surface area is 174 Å². The highest BCUT2D eigenvalue weighted by atomic mass is 35.5. The number of thioether (sulfide) groups is 1. The van der Waals surface area contributed by atoms with Crippen LogP contribution >= 0.6 is 35.5 Å². The number of hydrogen-bond acceptors (Lipinski definition) is 5. The van der Waals surface area contributed by atoms with Crippen molar-refractivity contribution in [3.8, 4) is 5.75 Å². The Morgan fingerprint density at radius 2 is 2.00 bits per heavy atom. The molecule has 4 rings (SSSR count). The van der Waals surface area contributed by atoms with Crippen molar-refractivity contribution in [3.05, 3.63) is 46.7 Å². The minimum absolute atomic E-state index is 0. The fraction of sp³-hybridized carbons (Fsp3) is 0.450. The Kier molecular flexibility index (Phi) is 6.74. The number of aromatic hydroxyl groups is 1. The number of nitrogens with one attached hydrogen (secondary N) is 1. The molecule has 2 aliphatic rings. The molecule has 1 aliphatic heterocycles. The SMILES string of the molecule is Cl.O=C(CSc1ccc(O)cc1)N(Cc1ccsc1)C1CC12CCNCC2. The standard InChI is InChI=1S/C20H24N2O2S2.ClH/c23-16-1-3-17(4-2-16)26-14-19(24)22(12-15-5-10-25-13-15)18-11-20(18)6-8-21-9-7-20;/h1-5,10,13,18,21,23H,6-9,11-12,14H2;1H. The van der Waals surface area contributed by atoms with E-state index in [0.29, 0.717) is 17.2 Å². The summed E-state index contributed by atoms with van der Waals surface area (Å²) in [4.78, 5) is 16.2. The average molecular weight is 425 g/mol. The van der Waals surface area contributed by atoms with Gasteiger partial charge in [0.1, 0.15) is 5.75 Å². The minimum atomic E-state index is 0. The number of carbonyl (C=O) groups is 1. The summed E-state index contributed by atoms with van der Waals surface area (Å²) in [6.07, 6.45) is 3.50. The third-order valence-electron chi connectivity index (χ3n) is 5.57. The average Bonchev–Trinajstić information content (AvgIpc) is 3.08. The van der Waals surface area contributed by atoms with E-state index < -0.39 is 0 Å². The monoisotopic (exact) mass is 424 g/mol. The van der Waals surface area contributed by atoms with Gasteiger partial charge in [-0.2, -0.15) is 11.3 Å². The zero-order valence-electron chi connectivity index (χ0n) is 15.1. The molecule has 0 bridgehead atoms. The molecule has 2 aromatic rings. The van der Waals surface area contributed by atoms with Gasteiger partial charge in [-0.3, -0.25) is 4.79 Å². The number of amides is 1. The summed E-state index contributed by atoms with van der Waals surface area (Å²) in [7, 11) is 0. The van der Waals surface area contributed by atoms with Crippen molar-refractivity contribution in [1.82, 2.24) is 10.2 Å². The molecule has 1 saturated heterocycles. The van der Waals surface area contributed by atoms with Crippen molar-refractivity contribution < 1.29 is 9.90 Å². The third-order valence-corrected chi connectivity index (χ3v) is 7.30. The van der Waals surface area contributed by atoms with Crippen LogP contribution in [0.25, 0.3) is 0 Å². The Morgan fingerprint density at radius 1 is 1.26 bits per heavy atom. The van der Waals surface area contributed by atoms with E-state index in [9.17, 15) is 9.90 Å². The summed E-state index contributed by atoms with van der Waals surface area (Å²) in [5.41, 5.74) is 1.58. The molecule has 1 atom stereocenters. The number of halogens is 1. The summed E-state index contributed by atoms with van der Waals surface area (Å²) in [5.74, 6) is 0.917. The number of hydrogen-bond donors (Lipinski definition) is 2. The molecule has 1 saturated carbocycles.